The van der Waals surface area contributed by atoms with E-state index >= 15 is 0 Å². The Hall–Kier alpha value is -1.92. The first-order valence-corrected chi connectivity index (χ1v) is 9.04. The molecule has 0 spiro atoms. The summed E-state index contributed by atoms with van der Waals surface area (Å²) in [5.41, 5.74) is 1.55. The number of likely N-dealkylation sites (tertiary alicyclic amines) is 1. The molecule has 2 aliphatic rings. The number of piperidine rings is 1. The van der Waals surface area contributed by atoms with Crippen LogP contribution in [0, 0.1) is 5.82 Å². The van der Waals surface area contributed by atoms with Crippen LogP contribution in [0.25, 0.3) is 11.3 Å². The van der Waals surface area contributed by atoms with Gasteiger partial charge in [0.2, 0.25) is 5.91 Å². The maximum absolute atomic E-state index is 13.4. The van der Waals surface area contributed by atoms with E-state index in [1.165, 1.54) is 25.0 Å². The highest BCUT2D eigenvalue weighted by Gasteiger charge is 2.31. The normalized spacial score (nSPS) is 19.9. The minimum atomic E-state index is -0.269. The van der Waals surface area contributed by atoms with E-state index in [1.54, 1.807) is 12.3 Å². The van der Waals surface area contributed by atoms with Gasteiger partial charge < -0.3 is 15.2 Å². The predicted molar refractivity (Wildman–Crippen MR) is 101 cm³/mol. The minimum absolute atomic E-state index is 0. The van der Waals surface area contributed by atoms with E-state index in [-0.39, 0.29) is 30.2 Å². The molecule has 1 saturated carbocycles. The smallest absolute Gasteiger partial charge is 0.237 e. The SMILES string of the molecule is Cl.O=C(CNC1CC1)N1CCCCC1c1ncc(-c2cccc(F)c2)[nH]1. The molecule has 2 heterocycles. The Morgan fingerprint density at radius 2 is 2.15 bits per heavy atom. The Bertz CT molecular complexity index is 762. The summed E-state index contributed by atoms with van der Waals surface area (Å²) >= 11 is 0. The number of nitrogens with one attached hydrogen (secondary N) is 2. The van der Waals surface area contributed by atoms with Gasteiger partial charge in [-0.15, -0.1) is 12.4 Å². The molecule has 1 aromatic heterocycles. The van der Waals surface area contributed by atoms with Crippen LogP contribution in [0.15, 0.2) is 30.5 Å². The average Bonchev–Trinajstić information content (AvgIpc) is 3.33. The van der Waals surface area contributed by atoms with Crippen LogP contribution in [-0.2, 0) is 4.79 Å². The van der Waals surface area contributed by atoms with Crippen molar-refractivity contribution in [1.29, 1.82) is 0 Å². The fourth-order valence-corrected chi connectivity index (χ4v) is 3.44. The van der Waals surface area contributed by atoms with Crippen molar-refractivity contribution < 1.29 is 9.18 Å². The van der Waals surface area contributed by atoms with Gasteiger partial charge in [0.05, 0.1) is 24.5 Å². The molecule has 26 heavy (non-hydrogen) atoms. The number of H-pyrrole nitrogens is 1. The predicted octanol–water partition coefficient (Wildman–Crippen LogP) is 3.44. The van der Waals surface area contributed by atoms with Crippen molar-refractivity contribution in [3.63, 3.8) is 0 Å². The number of benzene rings is 1. The molecule has 5 nitrogen and oxygen atoms in total. The number of amides is 1. The number of nitrogens with zero attached hydrogens (tertiary/aromatic N) is 2. The third kappa shape index (κ3) is 4.24. The lowest BCUT2D eigenvalue weighted by Crippen LogP contribution is -2.43. The lowest BCUT2D eigenvalue weighted by molar-refractivity contribution is -0.134. The standard InChI is InChI=1S/C19H23FN4O.ClH/c20-14-5-3-4-13(10-14)16-11-22-19(23-16)17-6-1-2-9-24(17)18(25)12-21-15-7-8-15;/h3-5,10-11,15,17,21H,1-2,6-9,12H2,(H,22,23);1H. The Labute approximate surface area is 158 Å². The third-order valence-corrected chi connectivity index (χ3v) is 4.99. The maximum Gasteiger partial charge on any atom is 0.237 e. The van der Waals surface area contributed by atoms with Crippen molar-refractivity contribution in [3.05, 3.63) is 42.1 Å². The van der Waals surface area contributed by atoms with Crippen LogP contribution >= 0.6 is 12.4 Å². The molecular formula is C19H24ClFN4O. The van der Waals surface area contributed by atoms with Crippen LogP contribution in [-0.4, -0.2) is 39.9 Å². The molecule has 2 aromatic rings. The third-order valence-electron chi connectivity index (χ3n) is 4.99. The molecule has 1 aliphatic carbocycles. The number of carbonyl (C=O) groups is 1. The summed E-state index contributed by atoms with van der Waals surface area (Å²) in [6, 6.07) is 6.95. The fourth-order valence-electron chi connectivity index (χ4n) is 3.44. The van der Waals surface area contributed by atoms with Crippen molar-refractivity contribution in [1.82, 2.24) is 20.2 Å². The number of aromatic nitrogens is 2. The largest absolute Gasteiger partial charge is 0.340 e. The van der Waals surface area contributed by atoms with Gasteiger partial charge in [-0.25, -0.2) is 9.37 Å². The highest BCUT2D eigenvalue weighted by Crippen LogP contribution is 2.31. The molecule has 2 fully saturated rings. The summed E-state index contributed by atoms with van der Waals surface area (Å²) in [4.78, 5) is 22.3. The second kappa shape index (κ2) is 8.18. The van der Waals surface area contributed by atoms with E-state index in [4.69, 9.17) is 0 Å². The van der Waals surface area contributed by atoms with Gasteiger partial charge in [-0.2, -0.15) is 0 Å². The van der Waals surface area contributed by atoms with Crippen LogP contribution in [0.4, 0.5) is 4.39 Å². The molecule has 1 saturated heterocycles. The second-order valence-corrected chi connectivity index (χ2v) is 6.95. The summed E-state index contributed by atoms with van der Waals surface area (Å²) in [6.45, 7) is 1.17. The van der Waals surface area contributed by atoms with Crippen molar-refractivity contribution in [3.8, 4) is 11.3 Å². The van der Waals surface area contributed by atoms with Crippen LogP contribution in [0.5, 0.6) is 0 Å². The van der Waals surface area contributed by atoms with Crippen LogP contribution in [0.1, 0.15) is 44.0 Å². The molecule has 2 N–H and O–H groups in total. The van der Waals surface area contributed by atoms with E-state index in [0.29, 0.717) is 12.6 Å². The molecule has 0 radical (unpaired) electrons. The van der Waals surface area contributed by atoms with E-state index in [2.05, 4.69) is 15.3 Å². The van der Waals surface area contributed by atoms with Crippen molar-refractivity contribution in [2.45, 2.75) is 44.2 Å². The number of rotatable bonds is 5. The summed E-state index contributed by atoms with van der Waals surface area (Å²) in [5.74, 6) is 0.660. The first kappa shape index (κ1) is 18.9. The molecule has 1 aromatic carbocycles. The first-order chi connectivity index (χ1) is 12.2. The number of hydrogen-bond donors (Lipinski definition) is 2. The molecule has 1 unspecified atom stereocenters. The fraction of sp³-hybridized carbons (Fsp3) is 0.474. The lowest BCUT2D eigenvalue weighted by atomic mass is 10.0. The second-order valence-electron chi connectivity index (χ2n) is 6.95. The number of halogens is 2. The van der Waals surface area contributed by atoms with E-state index in [0.717, 1.165) is 42.9 Å². The van der Waals surface area contributed by atoms with Gasteiger partial charge in [0, 0.05) is 18.2 Å². The Balaban J connectivity index is 0.00000196. The zero-order chi connectivity index (χ0) is 17.2. The Morgan fingerprint density at radius 1 is 1.31 bits per heavy atom. The zero-order valence-corrected chi connectivity index (χ0v) is 15.4. The van der Waals surface area contributed by atoms with Crippen LogP contribution < -0.4 is 5.32 Å². The van der Waals surface area contributed by atoms with E-state index in [1.807, 2.05) is 11.0 Å². The van der Waals surface area contributed by atoms with Gasteiger partial charge in [-0.3, -0.25) is 4.79 Å². The molecule has 140 valence electrons. The van der Waals surface area contributed by atoms with Crippen LogP contribution in [0.2, 0.25) is 0 Å². The molecule has 1 amide bonds. The molecule has 7 heteroatoms. The molecule has 1 atom stereocenters. The number of aromatic amines is 1. The monoisotopic (exact) mass is 378 g/mol. The summed E-state index contributed by atoms with van der Waals surface area (Å²) in [7, 11) is 0. The highest BCUT2D eigenvalue weighted by molar-refractivity contribution is 5.85. The summed E-state index contributed by atoms with van der Waals surface area (Å²) in [5, 5.41) is 3.30. The Kier molecular flexibility index (Phi) is 5.94. The van der Waals surface area contributed by atoms with E-state index in [9.17, 15) is 9.18 Å². The minimum Gasteiger partial charge on any atom is -0.340 e. The van der Waals surface area contributed by atoms with Crippen molar-refractivity contribution >= 4 is 18.3 Å². The maximum atomic E-state index is 13.4. The number of carbonyl (C=O) groups excluding carboxylic acids is 1. The number of hydrogen-bond acceptors (Lipinski definition) is 3. The lowest BCUT2D eigenvalue weighted by Gasteiger charge is -2.34. The molecular weight excluding hydrogens is 355 g/mol. The van der Waals surface area contributed by atoms with Gasteiger partial charge in [-0.05, 0) is 44.2 Å². The van der Waals surface area contributed by atoms with Gasteiger partial charge >= 0.3 is 0 Å². The number of imidazole rings is 1. The summed E-state index contributed by atoms with van der Waals surface area (Å²) in [6.07, 6.45) is 7.09. The zero-order valence-electron chi connectivity index (χ0n) is 14.6. The van der Waals surface area contributed by atoms with Crippen LogP contribution in [0.3, 0.4) is 0 Å². The average molecular weight is 379 g/mol. The van der Waals surface area contributed by atoms with Gasteiger partial charge in [0.15, 0.2) is 0 Å². The highest BCUT2D eigenvalue weighted by atomic mass is 35.5. The quantitative estimate of drug-likeness (QED) is 0.837. The van der Waals surface area contributed by atoms with E-state index < -0.39 is 0 Å². The van der Waals surface area contributed by atoms with Gasteiger partial charge in [0.1, 0.15) is 11.6 Å². The first-order valence-electron chi connectivity index (χ1n) is 9.04. The van der Waals surface area contributed by atoms with Crippen molar-refractivity contribution in [2.24, 2.45) is 0 Å². The Morgan fingerprint density at radius 3 is 2.92 bits per heavy atom. The molecule has 0 bridgehead atoms. The molecule has 4 rings (SSSR count). The topological polar surface area (TPSA) is 61.0 Å². The van der Waals surface area contributed by atoms with Crippen molar-refractivity contribution in [2.75, 3.05) is 13.1 Å². The van der Waals surface area contributed by atoms with Gasteiger partial charge in [-0.1, -0.05) is 12.1 Å². The molecule has 1 aliphatic heterocycles. The van der Waals surface area contributed by atoms with Gasteiger partial charge in [0.25, 0.3) is 0 Å². The summed E-state index contributed by atoms with van der Waals surface area (Å²) < 4.78 is 13.4.